The second kappa shape index (κ2) is 5.71. The summed E-state index contributed by atoms with van der Waals surface area (Å²) >= 11 is 0. The van der Waals surface area contributed by atoms with Crippen molar-refractivity contribution in [1.29, 1.82) is 0 Å². The van der Waals surface area contributed by atoms with E-state index in [0.29, 0.717) is 13.2 Å². The molecule has 0 radical (unpaired) electrons. The number of nitrogens with one attached hydrogen (secondary N) is 1. The first-order valence-corrected chi connectivity index (χ1v) is 6.13. The molecule has 1 heterocycles. The van der Waals surface area contributed by atoms with Gasteiger partial charge in [-0.05, 0) is 25.5 Å². The van der Waals surface area contributed by atoms with Crippen molar-refractivity contribution in [2.75, 3.05) is 13.2 Å². The Morgan fingerprint density at radius 2 is 2.11 bits per heavy atom. The van der Waals surface area contributed by atoms with Crippen LogP contribution in [-0.4, -0.2) is 19.3 Å². The van der Waals surface area contributed by atoms with Gasteiger partial charge >= 0.3 is 0 Å². The number of halogens is 3. The molecule has 0 saturated carbocycles. The molecule has 2 rings (SSSR count). The van der Waals surface area contributed by atoms with Crippen molar-refractivity contribution in [3.8, 4) is 0 Å². The number of ether oxygens (including phenoxy) is 1. The molecule has 1 N–H and O–H groups in total. The van der Waals surface area contributed by atoms with Crippen molar-refractivity contribution < 1.29 is 17.9 Å². The van der Waals surface area contributed by atoms with Crippen molar-refractivity contribution in [2.45, 2.75) is 31.9 Å². The second-order valence-electron chi connectivity index (χ2n) is 4.35. The number of hydrogen-bond acceptors (Lipinski definition) is 2. The molecule has 0 spiro atoms. The Bertz CT molecular complexity index is 419. The van der Waals surface area contributed by atoms with Crippen molar-refractivity contribution in [3.63, 3.8) is 0 Å². The lowest BCUT2D eigenvalue weighted by Gasteiger charge is -2.24. The lowest BCUT2D eigenvalue weighted by molar-refractivity contribution is 0.0773. The van der Waals surface area contributed by atoms with Crippen LogP contribution in [0.2, 0.25) is 0 Å². The van der Waals surface area contributed by atoms with Gasteiger partial charge in [0.15, 0.2) is 17.5 Å². The summed E-state index contributed by atoms with van der Waals surface area (Å²) in [7, 11) is 0. The van der Waals surface area contributed by atoms with Crippen molar-refractivity contribution in [1.82, 2.24) is 5.32 Å². The first-order chi connectivity index (χ1) is 8.65. The summed E-state index contributed by atoms with van der Waals surface area (Å²) in [5.74, 6) is -3.72. The summed E-state index contributed by atoms with van der Waals surface area (Å²) in [6.07, 6.45) is 1.50. The second-order valence-corrected chi connectivity index (χ2v) is 4.35. The van der Waals surface area contributed by atoms with Gasteiger partial charge in [-0.3, -0.25) is 0 Å². The molecule has 1 aromatic rings. The number of benzene rings is 1. The summed E-state index contributed by atoms with van der Waals surface area (Å²) in [5.41, 5.74) is 0.127. The Hall–Kier alpha value is -1.07. The van der Waals surface area contributed by atoms with E-state index < -0.39 is 23.5 Å². The van der Waals surface area contributed by atoms with Gasteiger partial charge in [0.2, 0.25) is 0 Å². The quantitative estimate of drug-likeness (QED) is 0.839. The highest BCUT2D eigenvalue weighted by atomic mass is 19.2. The van der Waals surface area contributed by atoms with E-state index in [-0.39, 0.29) is 11.7 Å². The van der Waals surface area contributed by atoms with Gasteiger partial charge in [-0.25, -0.2) is 13.2 Å². The molecule has 100 valence electrons. The van der Waals surface area contributed by atoms with Gasteiger partial charge in [-0.2, -0.15) is 0 Å². The molecule has 5 heteroatoms. The zero-order chi connectivity index (χ0) is 13.1. The molecule has 2 nitrogen and oxygen atoms in total. The van der Waals surface area contributed by atoms with Crippen LogP contribution in [0.25, 0.3) is 0 Å². The zero-order valence-electron chi connectivity index (χ0n) is 10.2. The minimum absolute atomic E-state index is 0.127. The van der Waals surface area contributed by atoms with E-state index in [1.165, 1.54) is 6.07 Å². The van der Waals surface area contributed by atoms with Crippen LogP contribution in [0, 0.1) is 17.5 Å². The monoisotopic (exact) mass is 259 g/mol. The average Bonchev–Trinajstić information content (AvgIpc) is 2.88. The molecule has 1 fully saturated rings. The Balaban J connectivity index is 2.32. The van der Waals surface area contributed by atoms with Gasteiger partial charge in [0, 0.05) is 12.2 Å². The summed E-state index contributed by atoms with van der Waals surface area (Å²) in [5, 5.41) is 3.07. The van der Waals surface area contributed by atoms with E-state index in [1.807, 2.05) is 6.92 Å². The van der Waals surface area contributed by atoms with Crippen LogP contribution < -0.4 is 5.32 Å². The predicted octanol–water partition coefficient (Wildman–Crippen LogP) is 2.93. The molecule has 0 bridgehead atoms. The highest BCUT2D eigenvalue weighted by Crippen LogP contribution is 2.30. The number of hydrogen-bond donors (Lipinski definition) is 1. The van der Waals surface area contributed by atoms with Crippen LogP contribution >= 0.6 is 0 Å². The first kappa shape index (κ1) is 13.4. The third-order valence-electron chi connectivity index (χ3n) is 3.16. The van der Waals surface area contributed by atoms with Crippen molar-refractivity contribution in [2.24, 2.45) is 0 Å². The largest absolute Gasteiger partial charge is 0.376 e. The van der Waals surface area contributed by atoms with Crippen LogP contribution in [0.4, 0.5) is 13.2 Å². The Morgan fingerprint density at radius 3 is 2.72 bits per heavy atom. The minimum Gasteiger partial charge on any atom is -0.376 e. The van der Waals surface area contributed by atoms with Gasteiger partial charge in [-0.1, -0.05) is 13.0 Å². The Morgan fingerprint density at radius 1 is 1.33 bits per heavy atom. The molecular formula is C13H16F3NO. The molecule has 1 aliphatic heterocycles. The Kier molecular flexibility index (Phi) is 4.24. The van der Waals surface area contributed by atoms with E-state index in [1.54, 1.807) is 0 Å². The predicted molar refractivity (Wildman–Crippen MR) is 61.7 cm³/mol. The van der Waals surface area contributed by atoms with Crippen LogP contribution in [0.5, 0.6) is 0 Å². The fourth-order valence-electron chi connectivity index (χ4n) is 2.31. The highest BCUT2D eigenvalue weighted by Gasteiger charge is 2.30. The SMILES string of the molecule is CCNC(c1ccc(F)c(F)c1F)C1CCCO1. The third-order valence-corrected chi connectivity index (χ3v) is 3.16. The molecule has 2 atom stereocenters. The van der Waals surface area contributed by atoms with Gasteiger partial charge in [0.1, 0.15) is 0 Å². The summed E-state index contributed by atoms with van der Waals surface area (Å²) in [4.78, 5) is 0. The van der Waals surface area contributed by atoms with Crippen molar-refractivity contribution in [3.05, 3.63) is 35.1 Å². The van der Waals surface area contributed by atoms with E-state index in [9.17, 15) is 13.2 Å². The molecular weight excluding hydrogens is 243 g/mol. The minimum atomic E-state index is -1.42. The topological polar surface area (TPSA) is 21.3 Å². The maximum atomic E-state index is 13.8. The molecule has 2 unspecified atom stereocenters. The first-order valence-electron chi connectivity index (χ1n) is 6.13. The normalized spacial score (nSPS) is 21.2. The van der Waals surface area contributed by atoms with Crippen LogP contribution in [0.1, 0.15) is 31.4 Å². The summed E-state index contributed by atoms with van der Waals surface area (Å²) in [6, 6.07) is 1.79. The van der Waals surface area contributed by atoms with Crippen molar-refractivity contribution >= 4 is 0 Å². The molecule has 1 saturated heterocycles. The lowest BCUT2D eigenvalue weighted by atomic mass is 9.98. The van der Waals surface area contributed by atoms with Gasteiger partial charge < -0.3 is 10.1 Å². The van der Waals surface area contributed by atoms with E-state index in [0.717, 1.165) is 18.9 Å². The van der Waals surface area contributed by atoms with Gasteiger partial charge in [0.05, 0.1) is 12.1 Å². The lowest BCUT2D eigenvalue weighted by Crippen LogP contribution is -2.32. The third kappa shape index (κ3) is 2.52. The standard InChI is InChI=1S/C13H16F3NO/c1-2-17-13(10-4-3-7-18-10)8-5-6-9(14)12(16)11(8)15/h5-6,10,13,17H,2-4,7H2,1H3. The summed E-state index contributed by atoms with van der Waals surface area (Å²) < 4.78 is 45.5. The Labute approximate surface area is 104 Å². The molecule has 0 amide bonds. The van der Waals surface area contributed by atoms with E-state index in [2.05, 4.69) is 5.32 Å². The fourth-order valence-corrected chi connectivity index (χ4v) is 2.31. The smallest absolute Gasteiger partial charge is 0.194 e. The van der Waals surface area contributed by atoms with Gasteiger partial charge in [-0.15, -0.1) is 0 Å². The van der Waals surface area contributed by atoms with Crippen LogP contribution in [0.15, 0.2) is 12.1 Å². The molecule has 18 heavy (non-hydrogen) atoms. The number of likely N-dealkylation sites (N-methyl/N-ethyl adjacent to an activating group) is 1. The van der Waals surface area contributed by atoms with E-state index in [4.69, 9.17) is 4.74 Å². The van der Waals surface area contributed by atoms with Crippen LogP contribution in [-0.2, 0) is 4.74 Å². The fraction of sp³-hybridized carbons (Fsp3) is 0.538. The van der Waals surface area contributed by atoms with Crippen LogP contribution in [0.3, 0.4) is 0 Å². The average molecular weight is 259 g/mol. The molecule has 1 aliphatic rings. The maximum Gasteiger partial charge on any atom is 0.194 e. The zero-order valence-corrected chi connectivity index (χ0v) is 10.2. The maximum absolute atomic E-state index is 13.8. The molecule has 0 aromatic heterocycles. The molecule has 1 aromatic carbocycles. The molecule has 0 aliphatic carbocycles. The van der Waals surface area contributed by atoms with Gasteiger partial charge in [0.25, 0.3) is 0 Å². The highest BCUT2D eigenvalue weighted by molar-refractivity contribution is 5.25. The summed E-state index contributed by atoms with van der Waals surface area (Å²) in [6.45, 7) is 3.10. The number of rotatable bonds is 4. The van der Waals surface area contributed by atoms with E-state index >= 15 is 0 Å².